The topological polar surface area (TPSA) is 97.5 Å². The van der Waals surface area contributed by atoms with Crippen molar-refractivity contribution in [3.63, 3.8) is 0 Å². The monoisotopic (exact) mass is 231 g/mol. The molecule has 0 aliphatic rings. The van der Waals surface area contributed by atoms with Gasteiger partial charge in [-0.1, -0.05) is 6.92 Å². The molecule has 0 spiro atoms. The number of hydrogen-bond acceptors (Lipinski definition) is 5. The first kappa shape index (κ1) is 11.4. The summed E-state index contributed by atoms with van der Waals surface area (Å²) in [5.41, 5.74) is -0.345. The zero-order chi connectivity index (χ0) is 11.6. The lowest BCUT2D eigenvalue weighted by molar-refractivity contribution is -0.385. The lowest BCUT2D eigenvalue weighted by atomic mass is 10.3. The van der Waals surface area contributed by atoms with E-state index in [-0.39, 0.29) is 16.3 Å². The summed E-state index contributed by atoms with van der Waals surface area (Å²) in [5, 5.41) is 19.7. The standard InChI is InChI=1S/C8H9NO5S/c1-2-15(13,14)8-4-3-6(9(11)12)5-7(8)10/h3-5,10H,2H2,1H3. The second kappa shape index (κ2) is 3.85. The molecule has 1 aromatic carbocycles. The van der Waals surface area contributed by atoms with Crippen LogP contribution in [0.4, 0.5) is 5.69 Å². The minimum Gasteiger partial charge on any atom is -0.506 e. The van der Waals surface area contributed by atoms with E-state index in [1.165, 1.54) is 6.92 Å². The van der Waals surface area contributed by atoms with E-state index >= 15 is 0 Å². The summed E-state index contributed by atoms with van der Waals surface area (Å²) < 4.78 is 22.7. The Morgan fingerprint density at radius 2 is 2.07 bits per heavy atom. The fourth-order valence-electron chi connectivity index (χ4n) is 1.04. The lowest BCUT2D eigenvalue weighted by Crippen LogP contribution is -2.04. The van der Waals surface area contributed by atoms with Gasteiger partial charge in [-0.3, -0.25) is 10.1 Å². The number of nitrogens with zero attached hydrogens (tertiary/aromatic N) is 1. The minimum atomic E-state index is -3.54. The number of aromatic hydroxyl groups is 1. The molecule has 0 amide bonds. The van der Waals surface area contributed by atoms with E-state index in [4.69, 9.17) is 0 Å². The molecular formula is C8H9NO5S. The van der Waals surface area contributed by atoms with E-state index in [2.05, 4.69) is 0 Å². The predicted octanol–water partition coefficient (Wildman–Crippen LogP) is 1.09. The number of nitro groups is 1. The van der Waals surface area contributed by atoms with Crippen LogP contribution < -0.4 is 0 Å². The molecule has 82 valence electrons. The quantitative estimate of drug-likeness (QED) is 0.620. The number of phenolic OH excluding ortho intramolecular Hbond substituents is 1. The van der Waals surface area contributed by atoms with Gasteiger partial charge in [0.05, 0.1) is 16.7 Å². The molecule has 1 N–H and O–H groups in total. The number of phenols is 1. The van der Waals surface area contributed by atoms with Crippen molar-refractivity contribution in [3.05, 3.63) is 28.3 Å². The Kier molecular flexibility index (Phi) is 2.94. The van der Waals surface area contributed by atoms with Gasteiger partial charge in [0.2, 0.25) is 0 Å². The molecule has 6 nitrogen and oxygen atoms in total. The van der Waals surface area contributed by atoms with E-state index in [1.54, 1.807) is 0 Å². The highest BCUT2D eigenvalue weighted by atomic mass is 32.2. The van der Waals surface area contributed by atoms with Gasteiger partial charge in [0.1, 0.15) is 10.6 Å². The summed E-state index contributed by atoms with van der Waals surface area (Å²) >= 11 is 0. The molecule has 0 unspecified atom stereocenters. The van der Waals surface area contributed by atoms with Crippen LogP contribution in [0.1, 0.15) is 6.92 Å². The van der Waals surface area contributed by atoms with Gasteiger partial charge < -0.3 is 5.11 Å². The molecular weight excluding hydrogens is 222 g/mol. The zero-order valence-electron chi connectivity index (χ0n) is 7.87. The van der Waals surface area contributed by atoms with Crippen molar-refractivity contribution in [1.82, 2.24) is 0 Å². The highest BCUT2D eigenvalue weighted by molar-refractivity contribution is 7.91. The summed E-state index contributed by atoms with van der Waals surface area (Å²) in [6, 6.07) is 2.90. The van der Waals surface area contributed by atoms with Crippen molar-refractivity contribution >= 4 is 15.5 Å². The van der Waals surface area contributed by atoms with Gasteiger partial charge in [-0.05, 0) is 6.07 Å². The maximum absolute atomic E-state index is 11.4. The molecule has 0 saturated carbocycles. The van der Waals surface area contributed by atoms with Gasteiger partial charge >= 0.3 is 0 Å². The van der Waals surface area contributed by atoms with Gasteiger partial charge in [0.25, 0.3) is 5.69 Å². The zero-order valence-corrected chi connectivity index (χ0v) is 8.69. The molecule has 7 heteroatoms. The molecule has 1 rings (SSSR count). The first-order chi connectivity index (χ1) is 6.88. The van der Waals surface area contributed by atoms with Crippen molar-refractivity contribution in [2.24, 2.45) is 0 Å². The maximum Gasteiger partial charge on any atom is 0.273 e. The van der Waals surface area contributed by atoms with Crippen LogP contribution in [-0.4, -0.2) is 24.2 Å². The number of nitro benzene ring substituents is 1. The summed E-state index contributed by atoms with van der Waals surface area (Å²) in [6.07, 6.45) is 0. The second-order valence-corrected chi connectivity index (χ2v) is 5.06. The highest BCUT2D eigenvalue weighted by Crippen LogP contribution is 2.27. The van der Waals surface area contributed by atoms with Crippen molar-refractivity contribution in [1.29, 1.82) is 0 Å². The van der Waals surface area contributed by atoms with Crippen LogP contribution in [-0.2, 0) is 9.84 Å². The normalized spacial score (nSPS) is 11.3. The number of hydrogen-bond donors (Lipinski definition) is 1. The largest absolute Gasteiger partial charge is 0.506 e. The molecule has 0 atom stereocenters. The third kappa shape index (κ3) is 2.24. The Morgan fingerprint density at radius 1 is 1.47 bits per heavy atom. The highest BCUT2D eigenvalue weighted by Gasteiger charge is 2.19. The molecule has 0 radical (unpaired) electrons. The summed E-state index contributed by atoms with van der Waals surface area (Å²) in [4.78, 5) is 9.34. The third-order valence-electron chi connectivity index (χ3n) is 1.87. The molecule has 15 heavy (non-hydrogen) atoms. The van der Waals surface area contributed by atoms with Crippen molar-refractivity contribution < 1.29 is 18.4 Å². The summed E-state index contributed by atoms with van der Waals surface area (Å²) in [7, 11) is -3.54. The van der Waals surface area contributed by atoms with E-state index in [0.717, 1.165) is 18.2 Å². The molecule has 0 bridgehead atoms. The summed E-state index contributed by atoms with van der Waals surface area (Å²) in [5.74, 6) is -0.760. The molecule has 0 heterocycles. The van der Waals surface area contributed by atoms with Crippen molar-refractivity contribution in [2.45, 2.75) is 11.8 Å². The Balaban J connectivity index is 3.32. The number of sulfone groups is 1. The SMILES string of the molecule is CCS(=O)(=O)c1ccc([N+](=O)[O-])cc1O. The van der Waals surface area contributed by atoms with Crippen molar-refractivity contribution in [3.8, 4) is 5.75 Å². The number of benzene rings is 1. The van der Waals surface area contributed by atoms with Gasteiger partial charge in [0.15, 0.2) is 9.84 Å². The Bertz CT molecular complexity index is 494. The molecule has 0 saturated heterocycles. The van der Waals surface area contributed by atoms with Crippen LogP contribution >= 0.6 is 0 Å². The molecule has 0 aliphatic heterocycles. The number of rotatable bonds is 3. The molecule has 1 aromatic rings. The lowest BCUT2D eigenvalue weighted by Gasteiger charge is -2.03. The maximum atomic E-state index is 11.4. The average molecular weight is 231 g/mol. The first-order valence-electron chi connectivity index (χ1n) is 4.08. The van der Waals surface area contributed by atoms with E-state index in [9.17, 15) is 23.6 Å². The van der Waals surface area contributed by atoms with Crippen LogP contribution in [0, 0.1) is 10.1 Å². The minimum absolute atomic E-state index is 0.168. The van der Waals surface area contributed by atoms with Gasteiger partial charge in [-0.25, -0.2) is 8.42 Å². The second-order valence-electron chi connectivity index (χ2n) is 2.81. The molecule has 0 aliphatic carbocycles. The Labute approximate surface area is 86.2 Å². The van der Waals surface area contributed by atoms with E-state index < -0.39 is 20.5 Å². The van der Waals surface area contributed by atoms with Crippen LogP contribution in [0.25, 0.3) is 0 Å². The van der Waals surface area contributed by atoms with Crippen LogP contribution in [0.3, 0.4) is 0 Å². The average Bonchev–Trinajstić information content (AvgIpc) is 2.17. The third-order valence-corrected chi connectivity index (χ3v) is 3.64. The first-order valence-corrected chi connectivity index (χ1v) is 5.74. The van der Waals surface area contributed by atoms with Gasteiger partial charge in [-0.15, -0.1) is 0 Å². The Morgan fingerprint density at radius 3 is 2.47 bits per heavy atom. The predicted molar refractivity (Wildman–Crippen MR) is 52.5 cm³/mol. The fourth-order valence-corrected chi connectivity index (χ4v) is 2.00. The Hall–Kier alpha value is -1.63. The van der Waals surface area contributed by atoms with Crippen LogP contribution in [0.5, 0.6) is 5.75 Å². The van der Waals surface area contributed by atoms with Gasteiger partial charge in [0, 0.05) is 6.07 Å². The van der Waals surface area contributed by atoms with Crippen molar-refractivity contribution in [2.75, 3.05) is 5.75 Å². The van der Waals surface area contributed by atoms with E-state index in [0.29, 0.717) is 0 Å². The van der Waals surface area contributed by atoms with E-state index in [1.807, 2.05) is 0 Å². The van der Waals surface area contributed by atoms with Crippen LogP contribution in [0.15, 0.2) is 23.1 Å². The summed E-state index contributed by atoms with van der Waals surface area (Å²) in [6.45, 7) is 1.43. The molecule has 0 aromatic heterocycles. The van der Waals surface area contributed by atoms with Gasteiger partial charge in [-0.2, -0.15) is 0 Å². The number of non-ortho nitro benzene ring substituents is 1. The van der Waals surface area contributed by atoms with Crippen LogP contribution in [0.2, 0.25) is 0 Å². The molecule has 0 fully saturated rings. The smallest absolute Gasteiger partial charge is 0.273 e. The fraction of sp³-hybridized carbons (Fsp3) is 0.250.